The monoisotopic (exact) mass is 212 g/mol. The summed E-state index contributed by atoms with van der Waals surface area (Å²) in [5.41, 5.74) is 5.73. The van der Waals surface area contributed by atoms with Crippen molar-refractivity contribution in [1.82, 2.24) is 4.90 Å². The van der Waals surface area contributed by atoms with Crippen LogP contribution in [0, 0.1) is 17.8 Å². The highest BCUT2D eigenvalue weighted by Gasteiger charge is 2.39. The Morgan fingerprint density at radius 1 is 1.33 bits per heavy atom. The van der Waals surface area contributed by atoms with Gasteiger partial charge in [-0.15, -0.1) is 0 Å². The molecule has 1 aliphatic carbocycles. The van der Waals surface area contributed by atoms with Crippen LogP contribution in [0.4, 0.5) is 0 Å². The van der Waals surface area contributed by atoms with Gasteiger partial charge in [-0.3, -0.25) is 4.90 Å². The Hall–Kier alpha value is -0.120. The molecule has 2 aliphatic rings. The summed E-state index contributed by atoms with van der Waals surface area (Å²) in [5.74, 6) is 2.01. The summed E-state index contributed by atoms with van der Waals surface area (Å²) in [4.78, 5) is 2.53. The summed E-state index contributed by atoms with van der Waals surface area (Å²) >= 11 is 0. The molecule has 3 atom stereocenters. The molecule has 1 heterocycles. The zero-order valence-electron chi connectivity index (χ0n) is 9.73. The molecule has 88 valence electrons. The van der Waals surface area contributed by atoms with Crippen LogP contribution in [0.25, 0.3) is 0 Å². The quantitative estimate of drug-likeness (QED) is 0.723. The van der Waals surface area contributed by atoms with Crippen LogP contribution >= 0.6 is 0 Å². The second-order valence-corrected chi connectivity index (χ2v) is 5.34. The number of likely N-dealkylation sites (tertiary alicyclic amines) is 1. The van der Waals surface area contributed by atoms with Crippen molar-refractivity contribution in [1.29, 1.82) is 0 Å². The number of nitrogens with zero attached hydrogens (tertiary/aromatic N) is 1. The molecule has 15 heavy (non-hydrogen) atoms. The smallest absolute Gasteiger partial charge is 0.0465 e. The van der Waals surface area contributed by atoms with Gasteiger partial charge in [0.25, 0.3) is 0 Å². The van der Waals surface area contributed by atoms with Gasteiger partial charge in [0.05, 0.1) is 0 Å². The van der Waals surface area contributed by atoms with E-state index in [0.29, 0.717) is 18.6 Å². The highest BCUT2D eigenvalue weighted by atomic mass is 16.3. The van der Waals surface area contributed by atoms with E-state index in [4.69, 9.17) is 5.73 Å². The molecule has 0 amide bonds. The average molecular weight is 212 g/mol. The van der Waals surface area contributed by atoms with Gasteiger partial charge < -0.3 is 10.8 Å². The summed E-state index contributed by atoms with van der Waals surface area (Å²) in [5, 5.41) is 9.44. The lowest BCUT2D eigenvalue weighted by atomic mass is 9.69. The lowest BCUT2D eigenvalue weighted by Crippen LogP contribution is -2.53. The van der Waals surface area contributed by atoms with E-state index >= 15 is 0 Å². The average Bonchev–Trinajstić information content (AvgIpc) is 2.26. The zero-order valence-corrected chi connectivity index (χ0v) is 9.73. The first kappa shape index (κ1) is 11.4. The van der Waals surface area contributed by atoms with E-state index in [1.165, 1.54) is 19.3 Å². The molecule has 1 saturated carbocycles. The van der Waals surface area contributed by atoms with Crippen LogP contribution in [-0.2, 0) is 0 Å². The van der Waals surface area contributed by atoms with Crippen molar-refractivity contribution in [3.63, 3.8) is 0 Å². The van der Waals surface area contributed by atoms with Crippen molar-refractivity contribution in [3.8, 4) is 0 Å². The first-order valence-electron chi connectivity index (χ1n) is 6.31. The molecule has 0 aromatic heterocycles. The molecule has 2 fully saturated rings. The number of nitrogens with two attached hydrogens (primary N) is 1. The molecular weight excluding hydrogens is 188 g/mol. The SMILES string of the molecule is CC(CN)N1CC2CCCC(C1)C2CO. The molecular formula is C12H24N2O. The van der Waals surface area contributed by atoms with Gasteiger partial charge in [0, 0.05) is 32.3 Å². The van der Waals surface area contributed by atoms with Crippen molar-refractivity contribution in [2.45, 2.75) is 32.2 Å². The first-order valence-corrected chi connectivity index (χ1v) is 6.31. The molecule has 3 nitrogen and oxygen atoms in total. The maximum atomic E-state index is 9.44. The van der Waals surface area contributed by atoms with Gasteiger partial charge in [0.2, 0.25) is 0 Å². The molecule has 2 rings (SSSR count). The number of rotatable bonds is 3. The Labute approximate surface area is 92.6 Å². The van der Waals surface area contributed by atoms with Gasteiger partial charge in [0.15, 0.2) is 0 Å². The summed E-state index contributed by atoms with van der Waals surface area (Å²) in [6.45, 7) is 5.67. The van der Waals surface area contributed by atoms with Crippen LogP contribution in [0.2, 0.25) is 0 Å². The first-order chi connectivity index (χ1) is 7.26. The predicted molar refractivity (Wildman–Crippen MR) is 61.5 cm³/mol. The minimum absolute atomic E-state index is 0.389. The fourth-order valence-corrected chi connectivity index (χ4v) is 3.39. The van der Waals surface area contributed by atoms with E-state index in [9.17, 15) is 5.11 Å². The largest absolute Gasteiger partial charge is 0.396 e. The van der Waals surface area contributed by atoms with E-state index in [2.05, 4.69) is 11.8 Å². The van der Waals surface area contributed by atoms with E-state index < -0.39 is 0 Å². The third-order valence-corrected chi connectivity index (χ3v) is 4.47. The summed E-state index contributed by atoms with van der Waals surface area (Å²) in [6, 6.07) is 0.507. The molecule has 3 unspecified atom stereocenters. The van der Waals surface area contributed by atoms with E-state index in [1.54, 1.807) is 0 Å². The van der Waals surface area contributed by atoms with Gasteiger partial charge in [0.1, 0.15) is 0 Å². The zero-order chi connectivity index (χ0) is 10.8. The maximum absolute atomic E-state index is 9.44. The Morgan fingerprint density at radius 2 is 1.93 bits per heavy atom. The normalized spacial score (nSPS) is 39.0. The van der Waals surface area contributed by atoms with E-state index in [0.717, 1.165) is 31.5 Å². The predicted octanol–water partition coefficient (Wildman–Crippen LogP) is 0.674. The molecule has 3 N–H and O–H groups in total. The van der Waals surface area contributed by atoms with Crippen molar-refractivity contribution in [3.05, 3.63) is 0 Å². The number of fused-ring (bicyclic) bond motifs is 2. The number of hydrogen-bond donors (Lipinski definition) is 2. The second kappa shape index (κ2) is 4.81. The van der Waals surface area contributed by atoms with Crippen LogP contribution in [0.5, 0.6) is 0 Å². The van der Waals surface area contributed by atoms with Crippen LogP contribution < -0.4 is 5.73 Å². The van der Waals surface area contributed by atoms with Crippen LogP contribution in [0.15, 0.2) is 0 Å². The standard InChI is InChI=1S/C12H24N2O/c1-9(5-13)14-6-10-3-2-4-11(7-14)12(10)8-15/h9-12,15H,2-8,13H2,1H3. The third-order valence-electron chi connectivity index (χ3n) is 4.47. The van der Waals surface area contributed by atoms with E-state index in [-0.39, 0.29) is 0 Å². The van der Waals surface area contributed by atoms with Gasteiger partial charge >= 0.3 is 0 Å². The summed E-state index contributed by atoms with van der Waals surface area (Å²) < 4.78 is 0. The number of aliphatic hydroxyl groups is 1. The third kappa shape index (κ3) is 2.19. The lowest BCUT2D eigenvalue weighted by Gasteiger charge is -2.48. The maximum Gasteiger partial charge on any atom is 0.0465 e. The van der Waals surface area contributed by atoms with Gasteiger partial charge in [-0.1, -0.05) is 6.42 Å². The second-order valence-electron chi connectivity index (χ2n) is 5.34. The summed E-state index contributed by atoms with van der Waals surface area (Å²) in [6.07, 6.45) is 3.96. The van der Waals surface area contributed by atoms with E-state index in [1.807, 2.05) is 0 Å². The molecule has 0 spiro atoms. The molecule has 3 heteroatoms. The van der Waals surface area contributed by atoms with Crippen molar-refractivity contribution >= 4 is 0 Å². The fraction of sp³-hybridized carbons (Fsp3) is 1.00. The minimum atomic E-state index is 0.389. The van der Waals surface area contributed by atoms with Crippen molar-refractivity contribution in [2.75, 3.05) is 26.2 Å². The highest BCUT2D eigenvalue weighted by Crippen LogP contribution is 2.39. The molecule has 0 aromatic carbocycles. The Bertz CT molecular complexity index is 196. The Kier molecular flexibility index (Phi) is 3.65. The molecule has 0 aromatic rings. The van der Waals surface area contributed by atoms with Gasteiger partial charge in [-0.2, -0.15) is 0 Å². The number of hydrogen-bond acceptors (Lipinski definition) is 3. The minimum Gasteiger partial charge on any atom is -0.396 e. The van der Waals surface area contributed by atoms with Gasteiger partial charge in [-0.25, -0.2) is 0 Å². The van der Waals surface area contributed by atoms with Gasteiger partial charge in [-0.05, 0) is 37.5 Å². The molecule has 2 bridgehead atoms. The molecule has 1 aliphatic heterocycles. The summed E-state index contributed by atoms with van der Waals surface area (Å²) in [7, 11) is 0. The Morgan fingerprint density at radius 3 is 2.40 bits per heavy atom. The van der Waals surface area contributed by atoms with Crippen molar-refractivity contribution in [2.24, 2.45) is 23.5 Å². The Balaban J connectivity index is 2.01. The van der Waals surface area contributed by atoms with Crippen LogP contribution in [-0.4, -0.2) is 42.3 Å². The topological polar surface area (TPSA) is 49.5 Å². The molecule has 1 saturated heterocycles. The fourth-order valence-electron chi connectivity index (χ4n) is 3.39. The number of piperidine rings is 1. The number of aliphatic hydroxyl groups excluding tert-OH is 1. The lowest BCUT2D eigenvalue weighted by molar-refractivity contribution is -0.0194. The van der Waals surface area contributed by atoms with Crippen molar-refractivity contribution < 1.29 is 5.11 Å². The molecule has 0 radical (unpaired) electrons. The highest BCUT2D eigenvalue weighted by molar-refractivity contribution is 4.91. The van der Waals surface area contributed by atoms with Crippen LogP contribution in [0.3, 0.4) is 0 Å². The van der Waals surface area contributed by atoms with Crippen LogP contribution in [0.1, 0.15) is 26.2 Å².